The number of hydrogen-bond acceptors (Lipinski definition) is 19. The number of pyridine rings is 1. The van der Waals surface area contributed by atoms with Crippen molar-refractivity contribution in [1.29, 1.82) is 5.26 Å². The number of esters is 2. The van der Waals surface area contributed by atoms with E-state index in [1.807, 2.05) is 6.08 Å². The van der Waals surface area contributed by atoms with Crippen LogP contribution >= 0.6 is 23.4 Å². The number of oxazole rings is 1. The highest BCUT2D eigenvalue weighted by Gasteiger charge is 2.32. The number of aliphatic imine (C=N–C) groups is 1. The van der Waals surface area contributed by atoms with Crippen molar-refractivity contribution in [2.45, 2.75) is 127 Å². The number of nitriles is 1. The number of carbonyl (C=O) groups is 6. The molecular weight excluding hydrogens is 1090 g/mol. The van der Waals surface area contributed by atoms with Crippen molar-refractivity contribution in [2.24, 2.45) is 10.9 Å². The number of nitrogens with two attached hydrogens (primary N) is 1. The van der Waals surface area contributed by atoms with Gasteiger partial charge in [-0.25, -0.2) is 34.2 Å². The molecule has 0 unspecified atom stereocenters. The van der Waals surface area contributed by atoms with Gasteiger partial charge in [0.1, 0.15) is 65.4 Å². The first-order valence-corrected chi connectivity index (χ1v) is 26.8. The maximum atomic E-state index is 13.8. The molecule has 25 heteroatoms. The van der Waals surface area contributed by atoms with E-state index in [1.54, 1.807) is 84.2 Å². The van der Waals surface area contributed by atoms with Crippen molar-refractivity contribution in [2.75, 3.05) is 18.9 Å². The molecule has 0 spiro atoms. The zero-order valence-electron chi connectivity index (χ0n) is 45.8. The van der Waals surface area contributed by atoms with Crippen LogP contribution in [0.4, 0.5) is 21.1 Å². The first-order chi connectivity index (χ1) is 38.4. The molecule has 0 bridgehead atoms. The fraction of sp³-hybridized carbons (Fsp3) is 0.393. The van der Waals surface area contributed by atoms with Gasteiger partial charge in [0.15, 0.2) is 11.9 Å². The first kappa shape index (κ1) is 61.5. The lowest BCUT2D eigenvalue weighted by Crippen LogP contribution is -2.53. The number of aromatic nitrogens is 4. The van der Waals surface area contributed by atoms with Crippen LogP contribution in [-0.2, 0) is 50.3 Å². The maximum Gasteiger partial charge on any atom is 0.408 e. The molecule has 0 saturated heterocycles. The SMILES string of the molecule is [C-]#[N+]c1c(N)nc(SCc2coc(-c3ccc(Cl)cc3)n2)c(C#N)c1-c1ccc(OC[C@@H](COC(=O)[C@H](C)CC(=O)[C@H](CC2=CCC=N2)NC(=O)OC(C)(C)C)OC(=O)[C@H](C)NC(=O)[C@H](Cc2cnc[nH]2)NC(=O)OC(C)(C)C)cc1. The summed E-state index contributed by atoms with van der Waals surface area (Å²) in [5.41, 5.74) is 7.60. The van der Waals surface area contributed by atoms with Gasteiger partial charge in [0.05, 0.1) is 36.1 Å². The Hall–Kier alpha value is -8.74. The standard InChI is InChI=1S/C56H62ClN11O12S/c1-31(21-44(69)42(22-36-11-10-20-62-36)66-53(73)79-55(3,4)5)51(71)77-28-40(78-52(72)32(2)64-48(70)43(23-37-25-61-30-63-37)67-54(74)80-56(6,7)8)27-75-39-18-14-33(15-19-39)45-41(24-58)50(68-47(59)46(45)60-9)81-29-38-26-76-49(65-38)34-12-16-35(57)17-13-34/h11-20,25-26,30-32,40,42-43H,10,21-23,27-29H2,1-8H3,(H2,59,68)(H,61,63)(H,64,70)(H,66,73)(H,67,74)/t31-,32+,40+,42+,43+/m1/s1. The van der Waals surface area contributed by atoms with Crippen LogP contribution in [0.5, 0.6) is 5.75 Å². The average molecular weight is 1150 g/mol. The number of imidazole rings is 1. The van der Waals surface area contributed by atoms with Crippen LogP contribution < -0.4 is 26.4 Å². The second-order valence-corrected chi connectivity index (χ2v) is 21.9. The highest BCUT2D eigenvalue weighted by molar-refractivity contribution is 7.98. The summed E-state index contributed by atoms with van der Waals surface area (Å²) in [4.78, 5) is 104. The molecule has 1 aliphatic rings. The molecule has 0 fully saturated rings. The number of ether oxygens (including phenoxy) is 5. The number of ketones is 1. The van der Waals surface area contributed by atoms with E-state index in [1.165, 1.54) is 56.5 Å². The number of alkyl carbamates (subject to hydrolysis) is 2. The fourth-order valence-corrected chi connectivity index (χ4v) is 8.65. The molecule has 426 valence electrons. The van der Waals surface area contributed by atoms with Crippen LogP contribution in [0.15, 0.2) is 93.5 Å². The topological polar surface area (TPSA) is 319 Å². The van der Waals surface area contributed by atoms with Gasteiger partial charge in [-0.3, -0.25) is 19.4 Å². The van der Waals surface area contributed by atoms with Gasteiger partial charge < -0.3 is 54.8 Å². The number of allylic oxidation sites excluding steroid dienone is 1. The van der Waals surface area contributed by atoms with Gasteiger partial charge in [-0.1, -0.05) is 48.5 Å². The number of nitrogens with one attached hydrogen (secondary N) is 4. The van der Waals surface area contributed by atoms with Gasteiger partial charge in [-0.15, -0.1) is 0 Å². The average Bonchev–Trinajstić information content (AvgIpc) is 4.26. The van der Waals surface area contributed by atoms with Gasteiger partial charge >= 0.3 is 24.1 Å². The number of nitrogens with zero attached hydrogens (tertiary/aromatic N) is 6. The number of H-pyrrole nitrogens is 1. The Morgan fingerprint density at radius 3 is 2.17 bits per heavy atom. The van der Waals surface area contributed by atoms with Crippen molar-refractivity contribution in [3.05, 3.63) is 112 Å². The van der Waals surface area contributed by atoms with Crippen LogP contribution in [0, 0.1) is 23.8 Å². The predicted octanol–water partition coefficient (Wildman–Crippen LogP) is 8.79. The Balaban J connectivity index is 1.18. The smallest absolute Gasteiger partial charge is 0.408 e. The molecule has 6 N–H and O–H groups in total. The van der Waals surface area contributed by atoms with Gasteiger partial charge in [-0.2, -0.15) is 5.26 Å². The van der Waals surface area contributed by atoms with Crippen molar-refractivity contribution >= 4 is 76.9 Å². The molecule has 81 heavy (non-hydrogen) atoms. The molecule has 5 atom stereocenters. The monoisotopic (exact) mass is 1150 g/mol. The molecule has 0 saturated carbocycles. The van der Waals surface area contributed by atoms with Crippen molar-refractivity contribution in [1.82, 2.24) is 35.9 Å². The second kappa shape index (κ2) is 27.9. The molecule has 3 aromatic heterocycles. The number of Topliss-reactive ketones (excluding diaryl/α,β-unsaturated/α-hetero) is 1. The predicted molar refractivity (Wildman–Crippen MR) is 299 cm³/mol. The van der Waals surface area contributed by atoms with Crippen LogP contribution in [-0.4, -0.2) is 111 Å². The van der Waals surface area contributed by atoms with Crippen LogP contribution in [0.1, 0.15) is 91.6 Å². The van der Waals surface area contributed by atoms with Crippen LogP contribution in [0.2, 0.25) is 5.02 Å². The van der Waals surface area contributed by atoms with E-state index in [4.69, 9.17) is 52.0 Å². The Kier molecular flexibility index (Phi) is 21.2. The van der Waals surface area contributed by atoms with Crippen LogP contribution in [0.3, 0.4) is 0 Å². The van der Waals surface area contributed by atoms with Crippen molar-refractivity contribution in [3.8, 4) is 34.4 Å². The van der Waals surface area contributed by atoms with E-state index < -0.39 is 90.4 Å². The van der Waals surface area contributed by atoms with Crippen molar-refractivity contribution < 1.29 is 56.9 Å². The van der Waals surface area contributed by atoms with E-state index in [2.05, 4.69) is 51.8 Å². The minimum Gasteiger partial charge on any atom is -0.490 e. The molecule has 2 aromatic carbocycles. The fourth-order valence-electron chi connectivity index (χ4n) is 7.65. The second-order valence-electron chi connectivity index (χ2n) is 20.5. The third kappa shape index (κ3) is 18.7. The highest BCUT2D eigenvalue weighted by Crippen LogP contribution is 2.42. The first-order valence-electron chi connectivity index (χ1n) is 25.4. The van der Waals surface area contributed by atoms with Crippen molar-refractivity contribution in [3.63, 3.8) is 0 Å². The zero-order chi connectivity index (χ0) is 59.0. The molecular formula is C56H62ClN11O12S. The molecule has 0 radical (unpaired) electrons. The number of nitrogen functional groups attached to an aromatic ring is 1. The number of rotatable bonds is 24. The Morgan fingerprint density at radius 1 is 0.901 bits per heavy atom. The Morgan fingerprint density at radius 2 is 1.57 bits per heavy atom. The number of amides is 3. The molecule has 23 nitrogen and oxygen atoms in total. The summed E-state index contributed by atoms with van der Waals surface area (Å²) in [6, 6.07) is 11.7. The van der Waals surface area contributed by atoms with E-state index >= 15 is 0 Å². The number of carbonyl (C=O) groups excluding carboxylic acids is 6. The summed E-state index contributed by atoms with van der Waals surface area (Å²) in [6.07, 6.45) is 5.00. The maximum absolute atomic E-state index is 13.8. The number of thioether (sulfide) groups is 1. The zero-order valence-corrected chi connectivity index (χ0v) is 47.4. The minimum absolute atomic E-state index is 0.0506. The van der Waals surface area contributed by atoms with E-state index in [9.17, 15) is 34.0 Å². The summed E-state index contributed by atoms with van der Waals surface area (Å²) < 4.78 is 33.9. The highest BCUT2D eigenvalue weighted by atomic mass is 35.5. The van der Waals surface area contributed by atoms with E-state index in [0.717, 1.165) is 0 Å². The molecule has 3 amide bonds. The minimum atomic E-state index is -1.34. The third-order valence-corrected chi connectivity index (χ3v) is 12.7. The summed E-state index contributed by atoms with van der Waals surface area (Å²) >= 11 is 7.21. The summed E-state index contributed by atoms with van der Waals surface area (Å²) in [5, 5.41) is 19.0. The Bertz CT molecular complexity index is 3210. The lowest BCUT2D eigenvalue weighted by Gasteiger charge is -2.25. The molecule has 1 aliphatic heterocycles. The lowest BCUT2D eigenvalue weighted by molar-refractivity contribution is -0.164. The molecule has 0 aliphatic carbocycles. The summed E-state index contributed by atoms with van der Waals surface area (Å²) in [7, 11) is 0. The van der Waals surface area contributed by atoms with Gasteiger partial charge in [0, 0.05) is 71.4 Å². The molecule has 6 rings (SSSR count). The summed E-state index contributed by atoms with van der Waals surface area (Å²) in [5.74, 6) is -3.41. The van der Waals surface area contributed by atoms with Crippen LogP contribution in [0.25, 0.3) is 27.4 Å². The largest absolute Gasteiger partial charge is 0.490 e. The third-order valence-electron chi connectivity index (χ3n) is 11.5. The summed E-state index contributed by atoms with van der Waals surface area (Å²) in [6.45, 7) is 19.8. The normalized spacial score (nSPS) is 13.9. The molecule has 4 heterocycles. The number of hydrogen-bond donors (Lipinski definition) is 5. The lowest BCUT2D eigenvalue weighted by atomic mass is 9.97. The quantitative estimate of drug-likeness (QED) is 0.0167. The van der Waals surface area contributed by atoms with Gasteiger partial charge in [0.25, 0.3) is 0 Å². The van der Waals surface area contributed by atoms with Gasteiger partial charge in [0.2, 0.25) is 17.5 Å². The van der Waals surface area contributed by atoms with E-state index in [0.29, 0.717) is 45.5 Å². The number of aromatic amines is 1. The Labute approximate surface area is 477 Å². The van der Waals surface area contributed by atoms with E-state index in [-0.39, 0.29) is 58.4 Å². The molecule has 5 aromatic rings. The number of anilines is 1. The van der Waals surface area contributed by atoms with Gasteiger partial charge in [-0.05, 0) is 90.4 Å². The number of benzene rings is 2. The number of halogens is 1.